The number of rotatable bonds is 5. The summed E-state index contributed by atoms with van der Waals surface area (Å²) in [4.78, 5) is 6.15. The predicted octanol–water partition coefficient (Wildman–Crippen LogP) is 4.11. The molecule has 21 heavy (non-hydrogen) atoms. The first-order valence-corrected chi connectivity index (χ1v) is 9.24. The van der Waals surface area contributed by atoms with Crippen LogP contribution in [0.2, 0.25) is 0 Å². The van der Waals surface area contributed by atoms with Gasteiger partial charge in [-0.1, -0.05) is 49.0 Å². The molecule has 1 aromatic carbocycles. The molecule has 4 heteroatoms. The zero-order valence-electron chi connectivity index (χ0n) is 12.2. The first-order chi connectivity index (χ1) is 10.3. The van der Waals surface area contributed by atoms with Gasteiger partial charge in [0.15, 0.2) is 5.17 Å². The van der Waals surface area contributed by atoms with Crippen LogP contribution in [0.5, 0.6) is 0 Å². The Morgan fingerprint density at radius 3 is 2.90 bits per heavy atom. The Hall–Kier alpha value is -1.26. The molecule has 0 radical (unpaired) electrons. The SMILES string of the molecule is CCc1ccsc1CN=C1NC(Cc2ccccc2)CS1. The first kappa shape index (κ1) is 14.7. The van der Waals surface area contributed by atoms with E-state index in [2.05, 4.69) is 54.0 Å². The molecular weight excluding hydrogens is 296 g/mol. The van der Waals surface area contributed by atoms with Crippen LogP contribution in [0.25, 0.3) is 0 Å². The van der Waals surface area contributed by atoms with E-state index in [0.29, 0.717) is 6.04 Å². The lowest BCUT2D eigenvalue weighted by atomic mass is 10.1. The van der Waals surface area contributed by atoms with Crippen LogP contribution in [0.3, 0.4) is 0 Å². The molecule has 2 heterocycles. The molecule has 1 atom stereocenters. The highest BCUT2D eigenvalue weighted by Crippen LogP contribution is 2.21. The average Bonchev–Trinajstić information content (AvgIpc) is 3.15. The van der Waals surface area contributed by atoms with Crippen LogP contribution in [0.4, 0.5) is 0 Å². The molecule has 1 saturated heterocycles. The van der Waals surface area contributed by atoms with Gasteiger partial charge in [-0.15, -0.1) is 11.3 Å². The van der Waals surface area contributed by atoms with Crippen molar-refractivity contribution in [2.75, 3.05) is 5.75 Å². The van der Waals surface area contributed by atoms with E-state index < -0.39 is 0 Å². The third-order valence-corrected chi connectivity index (χ3v) is 5.70. The van der Waals surface area contributed by atoms with Crippen molar-refractivity contribution in [2.24, 2.45) is 4.99 Å². The minimum Gasteiger partial charge on any atom is -0.361 e. The lowest BCUT2D eigenvalue weighted by Crippen LogP contribution is -2.29. The van der Waals surface area contributed by atoms with Gasteiger partial charge in [0.1, 0.15) is 0 Å². The van der Waals surface area contributed by atoms with Crippen LogP contribution in [-0.2, 0) is 19.4 Å². The summed E-state index contributed by atoms with van der Waals surface area (Å²) in [7, 11) is 0. The summed E-state index contributed by atoms with van der Waals surface area (Å²) < 4.78 is 0. The number of hydrogen-bond donors (Lipinski definition) is 1. The van der Waals surface area contributed by atoms with Crippen molar-refractivity contribution < 1.29 is 0 Å². The van der Waals surface area contributed by atoms with E-state index in [0.717, 1.165) is 30.3 Å². The zero-order valence-corrected chi connectivity index (χ0v) is 13.8. The number of aryl methyl sites for hydroxylation is 1. The fraction of sp³-hybridized carbons (Fsp3) is 0.353. The lowest BCUT2D eigenvalue weighted by Gasteiger charge is -2.09. The molecule has 1 N–H and O–H groups in total. The van der Waals surface area contributed by atoms with Crippen LogP contribution < -0.4 is 5.32 Å². The van der Waals surface area contributed by atoms with Crippen LogP contribution in [0, 0.1) is 0 Å². The number of thioether (sulfide) groups is 1. The molecule has 1 fully saturated rings. The molecule has 0 spiro atoms. The summed E-state index contributed by atoms with van der Waals surface area (Å²) in [5.41, 5.74) is 2.83. The Bertz CT molecular complexity index is 604. The second-order valence-electron chi connectivity index (χ2n) is 5.19. The molecule has 110 valence electrons. The average molecular weight is 316 g/mol. The number of hydrogen-bond acceptors (Lipinski definition) is 3. The maximum absolute atomic E-state index is 4.75. The lowest BCUT2D eigenvalue weighted by molar-refractivity contribution is 0.686. The second kappa shape index (κ2) is 7.14. The number of thiophene rings is 1. The smallest absolute Gasteiger partial charge is 0.157 e. The van der Waals surface area contributed by atoms with Crippen molar-refractivity contribution in [3.8, 4) is 0 Å². The Kier molecular flexibility index (Phi) is 4.99. The molecule has 0 saturated carbocycles. The summed E-state index contributed by atoms with van der Waals surface area (Å²) in [5, 5.41) is 6.83. The number of nitrogens with one attached hydrogen (secondary N) is 1. The van der Waals surface area contributed by atoms with Crippen molar-refractivity contribution in [3.05, 3.63) is 57.8 Å². The minimum absolute atomic E-state index is 0.505. The van der Waals surface area contributed by atoms with Gasteiger partial charge in [-0.3, -0.25) is 4.99 Å². The van der Waals surface area contributed by atoms with Crippen molar-refractivity contribution in [2.45, 2.75) is 32.4 Å². The third kappa shape index (κ3) is 3.89. The van der Waals surface area contributed by atoms with Crippen molar-refractivity contribution in [1.29, 1.82) is 0 Å². The molecule has 3 rings (SSSR count). The molecule has 1 aliphatic heterocycles. The largest absolute Gasteiger partial charge is 0.361 e. The topological polar surface area (TPSA) is 24.4 Å². The van der Waals surface area contributed by atoms with E-state index >= 15 is 0 Å². The van der Waals surface area contributed by atoms with Crippen molar-refractivity contribution in [3.63, 3.8) is 0 Å². The van der Waals surface area contributed by atoms with Gasteiger partial charge in [0.2, 0.25) is 0 Å². The molecule has 0 bridgehead atoms. The molecule has 1 unspecified atom stereocenters. The summed E-state index contributed by atoms with van der Waals surface area (Å²) >= 11 is 3.67. The molecule has 2 aromatic rings. The molecule has 1 aliphatic rings. The Morgan fingerprint density at radius 2 is 2.10 bits per heavy atom. The Balaban J connectivity index is 1.55. The van der Waals surface area contributed by atoms with E-state index in [1.54, 1.807) is 0 Å². The van der Waals surface area contributed by atoms with Crippen LogP contribution in [-0.4, -0.2) is 17.0 Å². The van der Waals surface area contributed by atoms with Gasteiger partial charge in [0.25, 0.3) is 0 Å². The van der Waals surface area contributed by atoms with Gasteiger partial charge < -0.3 is 5.32 Å². The van der Waals surface area contributed by atoms with Gasteiger partial charge in [-0.2, -0.15) is 0 Å². The third-order valence-electron chi connectivity index (χ3n) is 3.66. The van der Waals surface area contributed by atoms with Crippen LogP contribution in [0.1, 0.15) is 22.9 Å². The number of nitrogens with zero attached hydrogens (tertiary/aromatic N) is 1. The summed E-state index contributed by atoms with van der Waals surface area (Å²) in [6.45, 7) is 3.02. The fourth-order valence-electron chi connectivity index (χ4n) is 2.50. The monoisotopic (exact) mass is 316 g/mol. The standard InChI is InChI=1S/C17H20N2S2/c1-2-14-8-9-20-16(14)11-18-17-19-15(12-21-17)10-13-6-4-3-5-7-13/h3-9,15H,2,10-12H2,1H3,(H,18,19). The minimum atomic E-state index is 0.505. The second-order valence-corrected chi connectivity index (χ2v) is 7.20. The van der Waals surface area contributed by atoms with Gasteiger partial charge in [-0.05, 0) is 35.4 Å². The Labute approximate surface area is 134 Å². The highest BCUT2D eigenvalue weighted by Gasteiger charge is 2.20. The van der Waals surface area contributed by atoms with Gasteiger partial charge in [0, 0.05) is 16.7 Å². The first-order valence-electron chi connectivity index (χ1n) is 7.38. The number of aliphatic imine (C=N–C) groups is 1. The van der Waals surface area contributed by atoms with Gasteiger partial charge in [-0.25, -0.2) is 0 Å². The van der Waals surface area contributed by atoms with Crippen molar-refractivity contribution in [1.82, 2.24) is 5.32 Å². The highest BCUT2D eigenvalue weighted by atomic mass is 32.2. The Morgan fingerprint density at radius 1 is 1.24 bits per heavy atom. The van der Waals surface area contributed by atoms with Gasteiger partial charge >= 0.3 is 0 Å². The quantitative estimate of drug-likeness (QED) is 0.897. The zero-order chi connectivity index (χ0) is 14.5. The van der Waals surface area contributed by atoms with Crippen molar-refractivity contribution >= 4 is 28.3 Å². The van der Waals surface area contributed by atoms with Crippen LogP contribution >= 0.6 is 23.1 Å². The van der Waals surface area contributed by atoms with E-state index in [9.17, 15) is 0 Å². The summed E-state index contributed by atoms with van der Waals surface area (Å²) in [6, 6.07) is 13.4. The van der Waals surface area contributed by atoms with E-state index in [4.69, 9.17) is 4.99 Å². The highest BCUT2D eigenvalue weighted by molar-refractivity contribution is 8.14. The van der Waals surface area contributed by atoms with Crippen LogP contribution in [0.15, 0.2) is 46.8 Å². The fourth-order valence-corrected chi connectivity index (χ4v) is 4.37. The van der Waals surface area contributed by atoms with E-state index in [1.807, 2.05) is 23.1 Å². The molecular formula is C17H20N2S2. The van der Waals surface area contributed by atoms with E-state index in [1.165, 1.54) is 16.0 Å². The predicted molar refractivity (Wildman–Crippen MR) is 94.4 cm³/mol. The summed E-state index contributed by atoms with van der Waals surface area (Å²) in [6.07, 6.45) is 2.17. The normalized spacial score (nSPS) is 19.9. The number of amidine groups is 1. The molecule has 2 nitrogen and oxygen atoms in total. The number of benzene rings is 1. The summed E-state index contributed by atoms with van der Waals surface area (Å²) in [5.74, 6) is 1.11. The molecule has 0 amide bonds. The van der Waals surface area contributed by atoms with E-state index in [-0.39, 0.29) is 0 Å². The molecule has 0 aliphatic carbocycles. The maximum atomic E-state index is 4.75. The molecule has 1 aromatic heterocycles. The van der Waals surface area contributed by atoms with Gasteiger partial charge in [0.05, 0.1) is 6.54 Å². The maximum Gasteiger partial charge on any atom is 0.157 e.